The lowest BCUT2D eigenvalue weighted by atomic mass is 10.1. The predicted molar refractivity (Wildman–Crippen MR) is 52.7 cm³/mol. The van der Waals surface area contributed by atoms with Crippen molar-refractivity contribution >= 4 is 17.3 Å². The molecule has 74 valence electrons. The monoisotopic (exact) mass is 206 g/mol. The number of hydrogen-bond donors (Lipinski definition) is 2. The molecule has 13 heavy (non-hydrogen) atoms. The highest BCUT2D eigenvalue weighted by Crippen LogP contribution is 2.13. The summed E-state index contributed by atoms with van der Waals surface area (Å²) in [6.07, 6.45) is 2.46. The Labute approximate surface area is 82.1 Å². The van der Waals surface area contributed by atoms with E-state index >= 15 is 0 Å². The number of alkyl halides is 2. The molecule has 0 saturated carbocycles. The third-order valence-electron chi connectivity index (χ3n) is 1.33. The van der Waals surface area contributed by atoms with Crippen molar-refractivity contribution in [3.05, 3.63) is 0 Å². The second kappa shape index (κ2) is 4.97. The van der Waals surface area contributed by atoms with Crippen LogP contribution in [0.5, 0.6) is 0 Å². The van der Waals surface area contributed by atoms with Crippen molar-refractivity contribution in [1.82, 2.24) is 10.6 Å². The van der Waals surface area contributed by atoms with Crippen LogP contribution in [0.2, 0.25) is 0 Å². The van der Waals surface area contributed by atoms with Gasteiger partial charge in [-0.2, -0.15) is 0 Å². The van der Waals surface area contributed by atoms with E-state index in [0.717, 1.165) is 0 Å². The van der Waals surface area contributed by atoms with Gasteiger partial charge in [0.25, 0.3) is 6.43 Å². The van der Waals surface area contributed by atoms with Crippen LogP contribution in [-0.2, 0) is 0 Å². The summed E-state index contributed by atoms with van der Waals surface area (Å²) in [6.45, 7) is 2.95. The van der Waals surface area contributed by atoms with E-state index in [0.29, 0.717) is 0 Å². The van der Waals surface area contributed by atoms with Crippen molar-refractivity contribution in [2.24, 2.45) is 0 Å². The molecule has 0 radical (unpaired) electrons. The Balaban J connectivity index is 3.98. The Morgan fingerprint density at radius 2 is 2.15 bits per heavy atom. The van der Waals surface area contributed by atoms with E-state index in [4.69, 9.17) is 18.6 Å². The highest BCUT2D eigenvalue weighted by Gasteiger charge is 2.29. The molecule has 0 heterocycles. The Morgan fingerprint density at radius 3 is 2.54 bits per heavy atom. The molecule has 0 aliphatic rings. The molecule has 0 bridgehead atoms. The molecule has 2 N–H and O–H groups in total. The van der Waals surface area contributed by atoms with E-state index in [1.165, 1.54) is 13.8 Å². The van der Waals surface area contributed by atoms with Crippen LogP contribution in [0, 0.1) is 12.3 Å². The average molecular weight is 206 g/mol. The second-order valence-corrected chi connectivity index (χ2v) is 3.44. The molecule has 0 spiro atoms. The molecular formula is C8H12F2N2S. The molecule has 0 fully saturated rings. The highest BCUT2D eigenvalue weighted by molar-refractivity contribution is 7.80. The molecule has 0 aromatic rings. The number of rotatable bonds is 3. The third kappa shape index (κ3) is 4.63. The minimum Gasteiger partial charge on any atom is -0.352 e. The maximum atomic E-state index is 12.3. The van der Waals surface area contributed by atoms with Gasteiger partial charge >= 0.3 is 0 Å². The third-order valence-corrected chi connectivity index (χ3v) is 1.58. The van der Waals surface area contributed by atoms with Gasteiger partial charge in [0.2, 0.25) is 0 Å². The van der Waals surface area contributed by atoms with Crippen LogP contribution < -0.4 is 10.6 Å². The smallest absolute Gasteiger partial charge is 0.260 e. The van der Waals surface area contributed by atoms with Crippen molar-refractivity contribution in [3.8, 4) is 12.3 Å². The number of thiocarbonyl (C=S) groups is 1. The number of nitrogens with one attached hydrogen (secondary N) is 2. The lowest BCUT2D eigenvalue weighted by Crippen LogP contribution is -2.52. The van der Waals surface area contributed by atoms with Gasteiger partial charge in [0.05, 0.1) is 12.1 Å². The van der Waals surface area contributed by atoms with Gasteiger partial charge in [-0.3, -0.25) is 0 Å². The molecule has 0 atom stereocenters. The van der Waals surface area contributed by atoms with Crippen molar-refractivity contribution in [1.29, 1.82) is 0 Å². The summed E-state index contributed by atoms with van der Waals surface area (Å²) in [5.74, 6) is 2.29. The van der Waals surface area contributed by atoms with Gasteiger partial charge in [0, 0.05) is 0 Å². The van der Waals surface area contributed by atoms with E-state index in [9.17, 15) is 8.78 Å². The summed E-state index contributed by atoms with van der Waals surface area (Å²) in [5.41, 5.74) is -1.33. The van der Waals surface area contributed by atoms with E-state index < -0.39 is 12.0 Å². The maximum Gasteiger partial charge on any atom is 0.260 e. The summed E-state index contributed by atoms with van der Waals surface area (Å²) >= 11 is 4.74. The van der Waals surface area contributed by atoms with Gasteiger partial charge in [-0.25, -0.2) is 8.78 Å². The van der Waals surface area contributed by atoms with Crippen LogP contribution in [0.3, 0.4) is 0 Å². The standard InChI is InChI=1S/C8H12F2N2S/c1-4-5-11-7(13)12-8(2,3)6(9)10/h1,6H,5H2,2-3H3,(H2,11,12,13). The molecule has 0 rings (SSSR count). The van der Waals surface area contributed by atoms with Crippen molar-refractivity contribution in [3.63, 3.8) is 0 Å². The summed E-state index contributed by atoms with van der Waals surface area (Å²) in [7, 11) is 0. The quantitative estimate of drug-likeness (QED) is 0.534. The molecule has 0 aromatic carbocycles. The Kier molecular flexibility index (Phi) is 4.63. The van der Waals surface area contributed by atoms with Crippen LogP contribution in [0.1, 0.15) is 13.8 Å². The first-order valence-electron chi connectivity index (χ1n) is 3.68. The minimum atomic E-state index is -2.49. The Hall–Kier alpha value is -0.890. The number of halogens is 2. The highest BCUT2D eigenvalue weighted by atomic mass is 32.1. The van der Waals surface area contributed by atoms with Gasteiger partial charge in [0.1, 0.15) is 0 Å². The summed E-state index contributed by atoms with van der Waals surface area (Å²) < 4.78 is 24.6. The van der Waals surface area contributed by atoms with E-state index in [1.54, 1.807) is 0 Å². The fourth-order valence-electron chi connectivity index (χ4n) is 0.523. The molecular weight excluding hydrogens is 194 g/mol. The van der Waals surface area contributed by atoms with E-state index in [2.05, 4.69) is 16.6 Å². The normalized spacial score (nSPS) is 10.8. The zero-order chi connectivity index (χ0) is 10.5. The predicted octanol–water partition coefficient (Wildman–Crippen LogP) is 1.13. The summed E-state index contributed by atoms with van der Waals surface area (Å²) in [6, 6.07) is 0. The zero-order valence-corrected chi connectivity index (χ0v) is 8.34. The fraction of sp³-hybridized carbons (Fsp3) is 0.625. The molecule has 0 aromatic heterocycles. The molecule has 0 unspecified atom stereocenters. The van der Waals surface area contributed by atoms with Crippen LogP contribution in [0.15, 0.2) is 0 Å². The SMILES string of the molecule is C#CCNC(=S)NC(C)(C)C(F)F. The van der Waals surface area contributed by atoms with Crippen molar-refractivity contribution < 1.29 is 8.78 Å². The van der Waals surface area contributed by atoms with Crippen LogP contribution in [0.25, 0.3) is 0 Å². The lowest BCUT2D eigenvalue weighted by molar-refractivity contribution is 0.0624. The molecule has 0 amide bonds. The molecule has 0 aliphatic carbocycles. The van der Waals surface area contributed by atoms with E-state index in [-0.39, 0.29) is 11.7 Å². The lowest BCUT2D eigenvalue weighted by Gasteiger charge is -2.26. The topological polar surface area (TPSA) is 24.1 Å². The van der Waals surface area contributed by atoms with Gasteiger partial charge in [-0.05, 0) is 26.1 Å². The van der Waals surface area contributed by atoms with E-state index in [1.807, 2.05) is 0 Å². The van der Waals surface area contributed by atoms with Crippen LogP contribution in [-0.4, -0.2) is 23.6 Å². The van der Waals surface area contributed by atoms with Crippen LogP contribution >= 0.6 is 12.2 Å². The second-order valence-electron chi connectivity index (χ2n) is 3.03. The van der Waals surface area contributed by atoms with Gasteiger partial charge < -0.3 is 10.6 Å². The van der Waals surface area contributed by atoms with Gasteiger partial charge in [-0.15, -0.1) is 6.42 Å². The largest absolute Gasteiger partial charge is 0.352 e. The zero-order valence-electron chi connectivity index (χ0n) is 7.53. The van der Waals surface area contributed by atoms with Crippen molar-refractivity contribution in [2.75, 3.05) is 6.54 Å². The minimum absolute atomic E-state index is 0.142. The fourth-order valence-corrected chi connectivity index (χ4v) is 0.858. The summed E-state index contributed by atoms with van der Waals surface area (Å²) in [5, 5.41) is 5.20. The maximum absolute atomic E-state index is 12.3. The molecule has 2 nitrogen and oxygen atoms in total. The number of terminal acetylenes is 1. The molecule has 0 aliphatic heterocycles. The first kappa shape index (κ1) is 12.1. The first-order valence-corrected chi connectivity index (χ1v) is 4.08. The Morgan fingerprint density at radius 1 is 1.62 bits per heavy atom. The summed E-state index contributed by atoms with van der Waals surface area (Å²) in [4.78, 5) is 0. The first-order chi connectivity index (χ1) is 5.90. The van der Waals surface area contributed by atoms with Crippen molar-refractivity contribution in [2.45, 2.75) is 25.8 Å². The van der Waals surface area contributed by atoms with Crippen LogP contribution in [0.4, 0.5) is 8.78 Å². The Bertz CT molecular complexity index is 221. The molecule has 0 saturated heterocycles. The number of hydrogen-bond acceptors (Lipinski definition) is 1. The average Bonchev–Trinajstić information content (AvgIpc) is 1.99. The van der Waals surface area contributed by atoms with Gasteiger partial charge in [0.15, 0.2) is 5.11 Å². The molecule has 5 heteroatoms. The van der Waals surface area contributed by atoms with Gasteiger partial charge in [-0.1, -0.05) is 5.92 Å².